The molecule has 0 atom stereocenters. The minimum atomic E-state index is 0.774. The van der Waals surface area contributed by atoms with Crippen LogP contribution in [0.1, 0.15) is 11.1 Å². The Bertz CT molecular complexity index is 764. The Morgan fingerprint density at radius 3 is 1.27 bits per heavy atom. The maximum absolute atomic E-state index is 6.34. The molecule has 22 heavy (non-hydrogen) atoms. The quantitative estimate of drug-likeness (QED) is 0.478. The summed E-state index contributed by atoms with van der Waals surface area (Å²) in [4.78, 5) is 0. The first-order chi connectivity index (χ1) is 10.6. The summed E-state index contributed by atoms with van der Waals surface area (Å²) < 4.78 is 0. The van der Waals surface area contributed by atoms with Gasteiger partial charge < -0.3 is 0 Å². The normalized spacial score (nSPS) is 10.7. The van der Waals surface area contributed by atoms with Crippen LogP contribution in [-0.2, 0) is 0 Å². The van der Waals surface area contributed by atoms with Crippen molar-refractivity contribution >= 4 is 23.2 Å². The predicted octanol–water partition coefficient (Wildman–Crippen LogP) is 6.94. The highest BCUT2D eigenvalue weighted by Crippen LogP contribution is 2.36. The number of hydrogen-bond acceptors (Lipinski definition) is 0. The number of halogens is 2. The molecule has 0 radical (unpaired) electrons. The second-order valence-electron chi connectivity index (χ2n) is 5.44. The number of aryl methyl sites for hydroxylation is 2. The topological polar surface area (TPSA) is 0 Å². The Morgan fingerprint density at radius 2 is 0.909 bits per heavy atom. The Labute approximate surface area is 141 Å². The van der Waals surface area contributed by atoms with Crippen LogP contribution in [-0.4, -0.2) is 0 Å². The molecule has 3 aromatic carbocycles. The fourth-order valence-corrected chi connectivity index (χ4v) is 3.23. The summed E-state index contributed by atoms with van der Waals surface area (Å²) in [5.41, 5.74) is 6.84. The van der Waals surface area contributed by atoms with Crippen LogP contribution in [0.4, 0.5) is 0 Å². The van der Waals surface area contributed by atoms with Crippen LogP contribution in [0.2, 0.25) is 10.0 Å². The van der Waals surface area contributed by atoms with E-state index in [1.165, 1.54) is 22.3 Å². The van der Waals surface area contributed by atoms with Gasteiger partial charge in [0, 0.05) is 21.2 Å². The Morgan fingerprint density at radius 1 is 0.545 bits per heavy atom. The molecule has 0 amide bonds. The zero-order valence-corrected chi connectivity index (χ0v) is 14.0. The molecule has 0 bridgehead atoms. The second-order valence-corrected chi connectivity index (χ2v) is 6.26. The molecule has 0 aromatic heterocycles. The van der Waals surface area contributed by atoms with Gasteiger partial charge in [0.15, 0.2) is 0 Å². The molecule has 110 valence electrons. The number of benzene rings is 3. The standard InChI is InChI=1S/C20H16Cl2/c1-13-11-18(16-8-4-6-10-20(16)22)14(2)12-17(13)15-7-3-5-9-19(15)21/h3-12H,1-2H3. The Balaban J connectivity index is 2.18. The summed E-state index contributed by atoms with van der Waals surface area (Å²) in [6, 6.07) is 20.3. The summed E-state index contributed by atoms with van der Waals surface area (Å²) in [5, 5.41) is 1.55. The fourth-order valence-electron chi connectivity index (χ4n) is 2.76. The average Bonchev–Trinajstić information content (AvgIpc) is 2.51. The van der Waals surface area contributed by atoms with Gasteiger partial charge in [0.25, 0.3) is 0 Å². The highest BCUT2D eigenvalue weighted by atomic mass is 35.5. The molecular formula is C20H16Cl2. The van der Waals surface area contributed by atoms with Crippen LogP contribution in [0.15, 0.2) is 60.7 Å². The molecule has 0 nitrogen and oxygen atoms in total. The zero-order valence-electron chi connectivity index (χ0n) is 12.5. The van der Waals surface area contributed by atoms with Crippen molar-refractivity contribution in [3.8, 4) is 22.3 Å². The van der Waals surface area contributed by atoms with Crippen molar-refractivity contribution in [2.45, 2.75) is 13.8 Å². The molecule has 0 aliphatic carbocycles. The largest absolute Gasteiger partial charge is 0.0837 e. The molecular weight excluding hydrogens is 311 g/mol. The average molecular weight is 327 g/mol. The van der Waals surface area contributed by atoms with Gasteiger partial charge in [-0.3, -0.25) is 0 Å². The molecule has 0 saturated heterocycles. The highest BCUT2D eigenvalue weighted by Gasteiger charge is 2.12. The van der Waals surface area contributed by atoms with Crippen LogP contribution >= 0.6 is 23.2 Å². The lowest BCUT2D eigenvalue weighted by atomic mass is 9.92. The van der Waals surface area contributed by atoms with Crippen LogP contribution in [0, 0.1) is 13.8 Å². The van der Waals surface area contributed by atoms with Gasteiger partial charge in [0.1, 0.15) is 0 Å². The van der Waals surface area contributed by atoms with E-state index in [1.807, 2.05) is 36.4 Å². The molecule has 3 rings (SSSR count). The van der Waals surface area contributed by atoms with E-state index in [2.05, 4.69) is 38.1 Å². The molecule has 0 spiro atoms. The third-order valence-corrected chi connectivity index (χ3v) is 4.56. The van der Waals surface area contributed by atoms with E-state index in [-0.39, 0.29) is 0 Å². The van der Waals surface area contributed by atoms with E-state index < -0.39 is 0 Å². The van der Waals surface area contributed by atoms with Gasteiger partial charge in [0.05, 0.1) is 0 Å². The number of hydrogen-bond donors (Lipinski definition) is 0. The fraction of sp³-hybridized carbons (Fsp3) is 0.100. The van der Waals surface area contributed by atoms with Crippen molar-refractivity contribution in [2.75, 3.05) is 0 Å². The van der Waals surface area contributed by atoms with Crippen molar-refractivity contribution < 1.29 is 0 Å². The first-order valence-corrected chi connectivity index (χ1v) is 7.94. The predicted molar refractivity (Wildman–Crippen MR) is 96.8 cm³/mol. The van der Waals surface area contributed by atoms with Gasteiger partial charge >= 0.3 is 0 Å². The summed E-state index contributed by atoms with van der Waals surface area (Å²) in [5.74, 6) is 0. The van der Waals surface area contributed by atoms with E-state index in [0.29, 0.717) is 0 Å². The van der Waals surface area contributed by atoms with Crippen molar-refractivity contribution in [3.05, 3.63) is 81.8 Å². The van der Waals surface area contributed by atoms with Crippen molar-refractivity contribution in [1.29, 1.82) is 0 Å². The van der Waals surface area contributed by atoms with Gasteiger partial charge in [-0.25, -0.2) is 0 Å². The maximum atomic E-state index is 6.34. The summed E-state index contributed by atoms with van der Waals surface area (Å²) in [6.45, 7) is 4.22. The van der Waals surface area contributed by atoms with E-state index in [0.717, 1.165) is 21.2 Å². The first kappa shape index (κ1) is 15.1. The monoisotopic (exact) mass is 326 g/mol. The SMILES string of the molecule is Cc1cc(-c2ccccc2Cl)c(C)cc1-c1ccccc1Cl. The molecule has 0 fully saturated rings. The molecule has 0 aliphatic heterocycles. The minimum absolute atomic E-state index is 0.774. The van der Waals surface area contributed by atoms with Crippen molar-refractivity contribution in [3.63, 3.8) is 0 Å². The van der Waals surface area contributed by atoms with E-state index >= 15 is 0 Å². The second kappa shape index (κ2) is 6.16. The third kappa shape index (κ3) is 2.77. The first-order valence-electron chi connectivity index (χ1n) is 7.19. The number of rotatable bonds is 2. The molecule has 0 N–H and O–H groups in total. The molecule has 0 unspecified atom stereocenters. The van der Waals surface area contributed by atoms with E-state index in [9.17, 15) is 0 Å². The summed E-state index contributed by atoms with van der Waals surface area (Å²) >= 11 is 12.7. The summed E-state index contributed by atoms with van der Waals surface area (Å²) in [6.07, 6.45) is 0. The van der Waals surface area contributed by atoms with Crippen LogP contribution in [0.3, 0.4) is 0 Å². The Kier molecular flexibility index (Phi) is 4.24. The van der Waals surface area contributed by atoms with Gasteiger partial charge in [-0.05, 0) is 48.2 Å². The lowest BCUT2D eigenvalue weighted by molar-refractivity contribution is 1.39. The molecule has 2 heteroatoms. The lowest BCUT2D eigenvalue weighted by Crippen LogP contribution is -1.91. The maximum Gasteiger partial charge on any atom is 0.0484 e. The van der Waals surface area contributed by atoms with Gasteiger partial charge in [-0.1, -0.05) is 71.7 Å². The van der Waals surface area contributed by atoms with Crippen molar-refractivity contribution in [1.82, 2.24) is 0 Å². The van der Waals surface area contributed by atoms with Gasteiger partial charge in [0.2, 0.25) is 0 Å². The van der Waals surface area contributed by atoms with Crippen molar-refractivity contribution in [2.24, 2.45) is 0 Å². The minimum Gasteiger partial charge on any atom is -0.0837 e. The van der Waals surface area contributed by atoms with Crippen LogP contribution in [0.5, 0.6) is 0 Å². The third-order valence-electron chi connectivity index (χ3n) is 3.90. The van der Waals surface area contributed by atoms with E-state index in [4.69, 9.17) is 23.2 Å². The smallest absolute Gasteiger partial charge is 0.0484 e. The van der Waals surface area contributed by atoms with Gasteiger partial charge in [-0.2, -0.15) is 0 Å². The van der Waals surface area contributed by atoms with E-state index in [1.54, 1.807) is 0 Å². The molecule has 0 heterocycles. The van der Waals surface area contributed by atoms with Gasteiger partial charge in [-0.15, -0.1) is 0 Å². The summed E-state index contributed by atoms with van der Waals surface area (Å²) in [7, 11) is 0. The van der Waals surface area contributed by atoms with Crippen LogP contribution < -0.4 is 0 Å². The molecule has 0 aliphatic rings. The molecule has 3 aromatic rings. The Hall–Kier alpha value is -1.76. The highest BCUT2D eigenvalue weighted by molar-refractivity contribution is 6.33. The molecule has 0 saturated carbocycles. The lowest BCUT2D eigenvalue weighted by Gasteiger charge is -2.14. The van der Waals surface area contributed by atoms with Crippen LogP contribution in [0.25, 0.3) is 22.3 Å². The zero-order chi connectivity index (χ0) is 15.7.